The first-order valence-corrected chi connectivity index (χ1v) is 9.74. The molecular formula is C22H28N4O2. The van der Waals surface area contributed by atoms with Crippen LogP contribution in [0.25, 0.3) is 0 Å². The number of primary amides is 1. The first-order valence-electron chi connectivity index (χ1n) is 9.74. The molecule has 6 heteroatoms. The van der Waals surface area contributed by atoms with E-state index in [1.54, 1.807) is 0 Å². The molecule has 0 spiro atoms. The van der Waals surface area contributed by atoms with Crippen LogP contribution < -0.4 is 21.3 Å². The molecule has 2 aromatic carbocycles. The van der Waals surface area contributed by atoms with Crippen molar-refractivity contribution in [2.24, 2.45) is 5.73 Å². The number of nitrogens with two attached hydrogens (primary N) is 1. The molecule has 0 aromatic heterocycles. The van der Waals surface area contributed by atoms with Crippen molar-refractivity contribution >= 4 is 28.9 Å². The summed E-state index contributed by atoms with van der Waals surface area (Å²) in [5, 5.41) is 5.94. The smallest absolute Gasteiger partial charge is 0.250 e. The lowest BCUT2D eigenvalue weighted by Crippen LogP contribution is -2.30. The number of benzene rings is 2. The number of carbonyl (C=O) groups is 2. The van der Waals surface area contributed by atoms with E-state index in [-0.39, 0.29) is 12.5 Å². The van der Waals surface area contributed by atoms with E-state index in [4.69, 9.17) is 5.73 Å². The van der Waals surface area contributed by atoms with E-state index < -0.39 is 5.91 Å². The molecule has 148 valence electrons. The molecule has 0 bridgehead atoms. The number of nitrogens with one attached hydrogen (secondary N) is 2. The summed E-state index contributed by atoms with van der Waals surface area (Å²) in [4.78, 5) is 26.5. The summed E-state index contributed by atoms with van der Waals surface area (Å²) in [5.41, 5.74) is 10.5. The van der Waals surface area contributed by atoms with Crippen molar-refractivity contribution in [3.63, 3.8) is 0 Å². The Labute approximate surface area is 166 Å². The predicted molar refractivity (Wildman–Crippen MR) is 114 cm³/mol. The van der Waals surface area contributed by atoms with Crippen LogP contribution >= 0.6 is 0 Å². The topological polar surface area (TPSA) is 87.5 Å². The Hall–Kier alpha value is -3.02. The minimum Gasteiger partial charge on any atom is -0.375 e. The van der Waals surface area contributed by atoms with E-state index in [1.165, 1.54) is 6.42 Å². The first kappa shape index (κ1) is 19.7. The second-order valence-electron chi connectivity index (χ2n) is 7.36. The van der Waals surface area contributed by atoms with E-state index >= 15 is 0 Å². The average Bonchev–Trinajstić information content (AvgIpc) is 2.69. The number of piperidine rings is 1. The fraction of sp³-hybridized carbons (Fsp3) is 0.364. The molecule has 0 saturated carbocycles. The maximum Gasteiger partial charge on any atom is 0.250 e. The Kier molecular flexibility index (Phi) is 6.19. The van der Waals surface area contributed by atoms with Crippen LogP contribution in [0.1, 0.15) is 40.7 Å². The number of nitrogens with zero attached hydrogens (tertiary/aromatic N) is 1. The van der Waals surface area contributed by atoms with Crippen LogP contribution in [0.4, 0.5) is 17.1 Å². The molecular weight excluding hydrogens is 352 g/mol. The summed E-state index contributed by atoms with van der Waals surface area (Å²) in [6.07, 6.45) is 3.56. The Morgan fingerprint density at radius 2 is 1.71 bits per heavy atom. The SMILES string of the molecule is Cc1ccc(NC(=O)CNc2ccc(N3CCCCC3)cc2C(N)=O)c(C)c1. The zero-order valence-corrected chi connectivity index (χ0v) is 16.5. The maximum absolute atomic E-state index is 12.3. The molecule has 0 aliphatic carbocycles. The van der Waals surface area contributed by atoms with Gasteiger partial charge in [-0.15, -0.1) is 0 Å². The van der Waals surface area contributed by atoms with Gasteiger partial charge in [-0.1, -0.05) is 17.7 Å². The lowest BCUT2D eigenvalue weighted by atomic mass is 10.1. The number of anilines is 3. The van der Waals surface area contributed by atoms with Crippen LogP contribution in [0.3, 0.4) is 0 Å². The van der Waals surface area contributed by atoms with Gasteiger partial charge in [-0.2, -0.15) is 0 Å². The molecule has 1 aliphatic rings. The minimum atomic E-state index is -0.504. The third-order valence-corrected chi connectivity index (χ3v) is 5.09. The summed E-state index contributed by atoms with van der Waals surface area (Å²) in [5.74, 6) is -0.682. The molecule has 28 heavy (non-hydrogen) atoms. The Bertz CT molecular complexity index is 873. The van der Waals surface area contributed by atoms with Crippen molar-refractivity contribution in [2.75, 3.05) is 35.2 Å². The zero-order valence-electron chi connectivity index (χ0n) is 16.5. The highest BCUT2D eigenvalue weighted by Crippen LogP contribution is 2.25. The second kappa shape index (κ2) is 8.78. The average molecular weight is 380 g/mol. The van der Waals surface area contributed by atoms with E-state index in [0.717, 1.165) is 48.4 Å². The van der Waals surface area contributed by atoms with Crippen molar-refractivity contribution in [2.45, 2.75) is 33.1 Å². The van der Waals surface area contributed by atoms with Crippen molar-refractivity contribution in [3.8, 4) is 0 Å². The number of amides is 2. The number of hydrogen-bond donors (Lipinski definition) is 3. The van der Waals surface area contributed by atoms with Crippen molar-refractivity contribution in [1.29, 1.82) is 0 Å². The van der Waals surface area contributed by atoms with Gasteiger partial charge in [-0.25, -0.2) is 0 Å². The molecule has 6 nitrogen and oxygen atoms in total. The van der Waals surface area contributed by atoms with Gasteiger partial charge in [0.05, 0.1) is 12.1 Å². The van der Waals surface area contributed by atoms with Crippen molar-refractivity contribution in [3.05, 3.63) is 53.1 Å². The van der Waals surface area contributed by atoms with E-state index in [0.29, 0.717) is 11.3 Å². The molecule has 1 heterocycles. The highest BCUT2D eigenvalue weighted by Gasteiger charge is 2.16. The van der Waals surface area contributed by atoms with Gasteiger partial charge < -0.3 is 21.3 Å². The fourth-order valence-electron chi connectivity index (χ4n) is 3.56. The Morgan fingerprint density at radius 1 is 1.00 bits per heavy atom. The zero-order chi connectivity index (χ0) is 20.1. The highest BCUT2D eigenvalue weighted by molar-refractivity contribution is 6.01. The molecule has 0 radical (unpaired) electrons. The Morgan fingerprint density at radius 3 is 2.39 bits per heavy atom. The normalized spacial score (nSPS) is 13.9. The number of rotatable bonds is 6. The van der Waals surface area contributed by atoms with Gasteiger partial charge in [0, 0.05) is 30.2 Å². The van der Waals surface area contributed by atoms with Crippen molar-refractivity contribution < 1.29 is 9.59 Å². The van der Waals surface area contributed by atoms with Gasteiger partial charge in [0.25, 0.3) is 5.91 Å². The summed E-state index contributed by atoms with van der Waals surface area (Å²) in [7, 11) is 0. The van der Waals surface area contributed by atoms with Gasteiger partial charge in [-0.05, 0) is 62.9 Å². The quantitative estimate of drug-likeness (QED) is 0.716. The highest BCUT2D eigenvalue weighted by atomic mass is 16.2. The molecule has 1 aliphatic heterocycles. The molecule has 3 rings (SSSR count). The van der Waals surface area contributed by atoms with Crippen LogP contribution in [0.15, 0.2) is 36.4 Å². The van der Waals surface area contributed by atoms with E-state index in [9.17, 15) is 9.59 Å². The minimum absolute atomic E-state index is 0.0522. The van der Waals surface area contributed by atoms with Crippen LogP contribution in [-0.4, -0.2) is 31.4 Å². The maximum atomic E-state index is 12.3. The third kappa shape index (κ3) is 4.82. The molecule has 4 N–H and O–H groups in total. The van der Waals surface area contributed by atoms with Crippen LogP contribution in [0.5, 0.6) is 0 Å². The number of aryl methyl sites for hydroxylation is 2. The van der Waals surface area contributed by atoms with E-state index in [1.807, 2.05) is 50.2 Å². The molecule has 1 fully saturated rings. The summed E-state index contributed by atoms with van der Waals surface area (Å²) >= 11 is 0. The summed E-state index contributed by atoms with van der Waals surface area (Å²) in [6, 6.07) is 11.5. The van der Waals surface area contributed by atoms with Crippen LogP contribution in [0, 0.1) is 13.8 Å². The van der Waals surface area contributed by atoms with Crippen LogP contribution in [0.2, 0.25) is 0 Å². The fourth-order valence-corrected chi connectivity index (χ4v) is 3.56. The second-order valence-corrected chi connectivity index (χ2v) is 7.36. The van der Waals surface area contributed by atoms with Gasteiger partial charge >= 0.3 is 0 Å². The summed E-state index contributed by atoms with van der Waals surface area (Å²) < 4.78 is 0. The number of carbonyl (C=O) groups excluding carboxylic acids is 2. The largest absolute Gasteiger partial charge is 0.375 e. The monoisotopic (exact) mass is 380 g/mol. The number of hydrogen-bond acceptors (Lipinski definition) is 4. The van der Waals surface area contributed by atoms with E-state index in [2.05, 4.69) is 15.5 Å². The predicted octanol–water partition coefficient (Wildman–Crippen LogP) is 3.44. The summed E-state index contributed by atoms with van der Waals surface area (Å²) in [6.45, 7) is 6.00. The molecule has 0 unspecified atom stereocenters. The molecule has 2 aromatic rings. The van der Waals surface area contributed by atoms with Gasteiger partial charge in [0.1, 0.15) is 0 Å². The van der Waals surface area contributed by atoms with Gasteiger partial charge in [0.2, 0.25) is 5.91 Å². The molecule has 2 amide bonds. The Balaban J connectivity index is 1.67. The molecule has 1 saturated heterocycles. The first-order chi connectivity index (χ1) is 13.4. The van der Waals surface area contributed by atoms with Crippen LogP contribution in [-0.2, 0) is 4.79 Å². The third-order valence-electron chi connectivity index (χ3n) is 5.09. The van der Waals surface area contributed by atoms with Gasteiger partial charge in [0.15, 0.2) is 0 Å². The van der Waals surface area contributed by atoms with Crippen molar-refractivity contribution in [1.82, 2.24) is 0 Å². The van der Waals surface area contributed by atoms with Gasteiger partial charge in [-0.3, -0.25) is 9.59 Å². The standard InChI is InChI=1S/C22H28N4O2/c1-15-6-8-19(16(2)12-15)25-21(27)14-24-20-9-7-17(13-18(20)22(23)28)26-10-4-3-5-11-26/h6-9,12-13,24H,3-5,10-11,14H2,1-2H3,(H2,23,28)(H,25,27). The lowest BCUT2D eigenvalue weighted by molar-refractivity contribution is -0.114. The molecule has 0 atom stereocenters. The lowest BCUT2D eigenvalue weighted by Gasteiger charge is -2.29.